The number of nitrogens with zero attached hydrogens (tertiary/aromatic N) is 2. The molecule has 1 amide bonds. The van der Waals surface area contributed by atoms with E-state index in [0.29, 0.717) is 5.75 Å². The second kappa shape index (κ2) is 5.74. The molecular weight excluding hydrogens is 306 g/mol. The van der Waals surface area contributed by atoms with Crippen LogP contribution >= 0.6 is 11.8 Å². The topological polar surface area (TPSA) is 49.0 Å². The highest BCUT2D eigenvalue weighted by molar-refractivity contribution is 7.99. The third-order valence-electron chi connectivity index (χ3n) is 4.14. The van der Waals surface area contributed by atoms with Crippen molar-refractivity contribution in [2.75, 3.05) is 17.2 Å². The van der Waals surface area contributed by atoms with E-state index in [9.17, 15) is 4.79 Å². The molecule has 2 heterocycles. The van der Waals surface area contributed by atoms with E-state index in [-0.39, 0.29) is 5.91 Å². The number of rotatable bonds is 3. The lowest BCUT2D eigenvalue weighted by molar-refractivity contribution is -0.116. The second-order valence-corrected chi connectivity index (χ2v) is 6.74. The molecule has 23 heavy (non-hydrogen) atoms. The number of hydrogen-bond donors (Lipinski definition) is 1. The highest BCUT2D eigenvalue weighted by atomic mass is 32.2. The van der Waals surface area contributed by atoms with E-state index in [4.69, 9.17) is 0 Å². The SMILES string of the molecule is Cc1ccc2nc(SCC(=O)N3CCc4ccccc43)[nH]c2c1. The van der Waals surface area contributed by atoms with Crippen molar-refractivity contribution < 1.29 is 4.79 Å². The van der Waals surface area contributed by atoms with Crippen LogP contribution in [0.25, 0.3) is 11.0 Å². The van der Waals surface area contributed by atoms with Crippen LogP contribution in [0.5, 0.6) is 0 Å². The third kappa shape index (κ3) is 2.72. The van der Waals surface area contributed by atoms with Gasteiger partial charge in [-0.3, -0.25) is 4.79 Å². The number of carbonyl (C=O) groups excluding carboxylic acids is 1. The van der Waals surface area contributed by atoms with Gasteiger partial charge in [-0.2, -0.15) is 0 Å². The molecule has 3 aromatic rings. The fraction of sp³-hybridized carbons (Fsp3) is 0.222. The van der Waals surface area contributed by atoms with E-state index in [2.05, 4.69) is 29.0 Å². The Labute approximate surface area is 138 Å². The van der Waals surface area contributed by atoms with Crippen LogP contribution in [0.2, 0.25) is 0 Å². The molecule has 1 aromatic heterocycles. The molecule has 0 atom stereocenters. The number of amides is 1. The maximum atomic E-state index is 12.5. The van der Waals surface area contributed by atoms with Gasteiger partial charge in [0.15, 0.2) is 5.16 Å². The number of aromatic nitrogens is 2. The summed E-state index contributed by atoms with van der Waals surface area (Å²) in [5, 5.41) is 0.798. The van der Waals surface area contributed by atoms with Crippen LogP contribution < -0.4 is 4.90 Å². The molecule has 0 fully saturated rings. The van der Waals surface area contributed by atoms with Crippen molar-refractivity contribution in [3.05, 3.63) is 53.6 Å². The highest BCUT2D eigenvalue weighted by Gasteiger charge is 2.24. The summed E-state index contributed by atoms with van der Waals surface area (Å²) < 4.78 is 0. The van der Waals surface area contributed by atoms with Crippen LogP contribution in [0, 0.1) is 6.92 Å². The summed E-state index contributed by atoms with van der Waals surface area (Å²) in [6, 6.07) is 14.3. The minimum absolute atomic E-state index is 0.136. The van der Waals surface area contributed by atoms with Crippen LogP contribution in [0.1, 0.15) is 11.1 Å². The number of thioether (sulfide) groups is 1. The van der Waals surface area contributed by atoms with Gasteiger partial charge in [0.2, 0.25) is 5.91 Å². The van der Waals surface area contributed by atoms with E-state index in [1.54, 1.807) is 0 Å². The van der Waals surface area contributed by atoms with E-state index < -0.39 is 0 Å². The molecule has 0 saturated heterocycles. The molecule has 0 radical (unpaired) electrons. The predicted octanol–water partition coefficient (Wildman–Crippen LogP) is 3.55. The van der Waals surface area contributed by atoms with E-state index in [0.717, 1.165) is 34.8 Å². The summed E-state index contributed by atoms with van der Waals surface area (Å²) in [4.78, 5) is 22.2. The van der Waals surface area contributed by atoms with Crippen molar-refractivity contribution in [1.29, 1.82) is 0 Å². The Kier molecular flexibility index (Phi) is 3.58. The Hall–Kier alpha value is -2.27. The van der Waals surface area contributed by atoms with Crippen LogP contribution in [-0.4, -0.2) is 28.2 Å². The first-order valence-electron chi connectivity index (χ1n) is 7.68. The number of H-pyrrole nitrogens is 1. The lowest BCUT2D eigenvalue weighted by atomic mass is 10.2. The summed E-state index contributed by atoms with van der Waals surface area (Å²) in [6.07, 6.45) is 0.941. The molecule has 116 valence electrons. The zero-order valence-corrected chi connectivity index (χ0v) is 13.7. The predicted molar refractivity (Wildman–Crippen MR) is 94.1 cm³/mol. The van der Waals surface area contributed by atoms with Crippen molar-refractivity contribution in [1.82, 2.24) is 9.97 Å². The molecule has 5 heteroatoms. The summed E-state index contributed by atoms with van der Waals surface area (Å²) in [5.41, 5.74) is 5.47. The van der Waals surface area contributed by atoms with Crippen molar-refractivity contribution >= 4 is 34.4 Å². The average Bonchev–Trinajstić information content (AvgIpc) is 3.15. The largest absolute Gasteiger partial charge is 0.333 e. The van der Waals surface area contributed by atoms with Gasteiger partial charge in [-0.1, -0.05) is 36.0 Å². The first-order chi connectivity index (χ1) is 11.2. The zero-order chi connectivity index (χ0) is 15.8. The van der Waals surface area contributed by atoms with Crippen LogP contribution in [0.4, 0.5) is 5.69 Å². The number of hydrogen-bond acceptors (Lipinski definition) is 3. The quantitative estimate of drug-likeness (QED) is 0.750. The monoisotopic (exact) mass is 323 g/mol. The lowest BCUT2D eigenvalue weighted by Crippen LogP contribution is -2.30. The fourth-order valence-corrected chi connectivity index (χ4v) is 3.73. The average molecular weight is 323 g/mol. The van der Waals surface area contributed by atoms with Crippen LogP contribution in [0.15, 0.2) is 47.6 Å². The molecule has 4 rings (SSSR count). The fourth-order valence-electron chi connectivity index (χ4n) is 2.97. The van der Waals surface area contributed by atoms with Gasteiger partial charge in [0.05, 0.1) is 16.8 Å². The minimum Gasteiger partial charge on any atom is -0.333 e. The number of nitrogens with one attached hydrogen (secondary N) is 1. The number of anilines is 1. The van der Waals surface area contributed by atoms with Gasteiger partial charge in [-0.05, 0) is 42.7 Å². The van der Waals surface area contributed by atoms with E-state index >= 15 is 0 Å². The number of carbonyl (C=O) groups is 1. The number of aryl methyl sites for hydroxylation is 1. The van der Waals surface area contributed by atoms with Gasteiger partial charge in [0, 0.05) is 12.2 Å². The van der Waals surface area contributed by atoms with Crippen molar-refractivity contribution in [2.45, 2.75) is 18.5 Å². The maximum Gasteiger partial charge on any atom is 0.237 e. The number of para-hydroxylation sites is 1. The zero-order valence-electron chi connectivity index (χ0n) is 12.9. The molecule has 0 aliphatic carbocycles. The summed E-state index contributed by atoms with van der Waals surface area (Å²) in [5.74, 6) is 0.532. The summed E-state index contributed by atoms with van der Waals surface area (Å²) >= 11 is 1.46. The molecule has 0 unspecified atom stereocenters. The lowest BCUT2D eigenvalue weighted by Gasteiger charge is -2.16. The van der Waals surface area contributed by atoms with E-state index in [1.165, 1.54) is 22.9 Å². The molecule has 0 spiro atoms. The molecule has 1 aliphatic rings. The van der Waals surface area contributed by atoms with Gasteiger partial charge in [0.1, 0.15) is 0 Å². The number of imidazole rings is 1. The van der Waals surface area contributed by atoms with Gasteiger partial charge in [-0.15, -0.1) is 0 Å². The molecule has 1 aliphatic heterocycles. The molecule has 0 saturated carbocycles. The summed E-state index contributed by atoms with van der Waals surface area (Å²) in [7, 11) is 0. The van der Waals surface area contributed by atoms with Gasteiger partial charge in [0.25, 0.3) is 0 Å². The third-order valence-corrected chi connectivity index (χ3v) is 4.99. The standard InChI is InChI=1S/C18H17N3OS/c1-12-6-7-14-15(10-12)20-18(19-14)23-11-17(22)21-9-8-13-4-2-3-5-16(13)21/h2-7,10H,8-9,11H2,1H3,(H,19,20). The Morgan fingerprint density at radius 1 is 1.30 bits per heavy atom. The van der Waals surface area contributed by atoms with Gasteiger partial charge < -0.3 is 9.88 Å². The second-order valence-electron chi connectivity index (χ2n) is 5.78. The minimum atomic E-state index is 0.136. The molecule has 1 N–H and O–H groups in total. The number of fused-ring (bicyclic) bond motifs is 2. The first kappa shape index (κ1) is 14.3. The molecule has 4 nitrogen and oxygen atoms in total. The molecule has 0 bridgehead atoms. The molecular formula is C18H17N3OS. The van der Waals surface area contributed by atoms with Gasteiger partial charge in [-0.25, -0.2) is 4.98 Å². The van der Waals surface area contributed by atoms with Gasteiger partial charge >= 0.3 is 0 Å². The number of benzene rings is 2. The summed E-state index contributed by atoms with van der Waals surface area (Å²) in [6.45, 7) is 2.83. The van der Waals surface area contributed by atoms with Crippen molar-refractivity contribution in [3.63, 3.8) is 0 Å². The Balaban J connectivity index is 1.47. The van der Waals surface area contributed by atoms with Crippen molar-refractivity contribution in [3.8, 4) is 0 Å². The van der Waals surface area contributed by atoms with Crippen LogP contribution in [0.3, 0.4) is 0 Å². The Morgan fingerprint density at radius 2 is 2.17 bits per heavy atom. The van der Waals surface area contributed by atoms with Crippen LogP contribution in [-0.2, 0) is 11.2 Å². The smallest absolute Gasteiger partial charge is 0.237 e. The Morgan fingerprint density at radius 3 is 3.09 bits per heavy atom. The highest BCUT2D eigenvalue weighted by Crippen LogP contribution is 2.29. The maximum absolute atomic E-state index is 12.5. The van der Waals surface area contributed by atoms with Crippen molar-refractivity contribution in [2.24, 2.45) is 0 Å². The Bertz CT molecular complexity index is 887. The first-order valence-corrected chi connectivity index (χ1v) is 8.67. The number of aromatic amines is 1. The molecule has 2 aromatic carbocycles. The normalized spacial score (nSPS) is 13.5. The van der Waals surface area contributed by atoms with E-state index in [1.807, 2.05) is 35.2 Å².